The molecule has 5 nitrogen and oxygen atoms in total. The molecule has 0 unspecified atom stereocenters. The average molecular weight is 321 g/mol. The summed E-state index contributed by atoms with van der Waals surface area (Å²) in [7, 11) is 2.06. The van der Waals surface area contributed by atoms with Crippen molar-refractivity contribution in [2.24, 2.45) is 0 Å². The van der Waals surface area contributed by atoms with Gasteiger partial charge < -0.3 is 4.90 Å². The fourth-order valence-corrected chi connectivity index (χ4v) is 2.94. The molecule has 24 heavy (non-hydrogen) atoms. The lowest BCUT2D eigenvalue weighted by molar-refractivity contribution is 0.829. The first-order valence-electron chi connectivity index (χ1n) is 8.09. The van der Waals surface area contributed by atoms with Gasteiger partial charge in [-0.25, -0.2) is 14.6 Å². The number of rotatable bonds is 4. The minimum Gasteiger partial charge on any atom is -0.355 e. The minimum absolute atomic E-state index is 0.764. The molecule has 0 aliphatic carbocycles. The average Bonchev–Trinajstić information content (AvgIpc) is 2.83. The molecule has 0 saturated heterocycles. The lowest BCUT2D eigenvalue weighted by atomic mass is 10.2. The van der Waals surface area contributed by atoms with E-state index in [1.54, 1.807) is 0 Å². The molecular weight excluding hydrogens is 298 g/mol. The molecule has 0 spiro atoms. The van der Waals surface area contributed by atoms with Crippen molar-refractivity contribution in [2.45, 2.75) is 34.2 Å². The first-order chi connectivity index (χ1) is 11.5. The Morgan fingerprint density at radius 2 is 1.71 bits per heavy atom. The van der Waals surface area contributed by atoms with E-state index in [0.29, 0.717) is 0 Å². The second-order valence-corrected chi connectivity index (χ2v) is 6.17. The number of nitrogens with zero attached hydrogens (tertiary/aromatic N) is 5. The molecule has 0 bridgehead atoms. The smallest absolute Gasteiger partial charge is 0.132 e. The van der Waals surface area contributed by atoms with E-state index in [9.17, 15) is 0 Å². The summed E-state index contributed by atoms with van der Waals surface area (Å²) < 4.78 is 2.01. The monoisotopic (exact) mass is 321 g/mol. The van der Waals surface area contributed by atoms with E-state index in [2.05, 4.69) is 47.9 Å². The first kappa shape index (κ1) is 16.2. The van der Waals surface area contributed by atoms with Crippen LogP contribution in [0.25, 0.3) is 5.69 Å². The Kier molecular flexibility index (Phi) is 4.34. The van der Waals surface area contributed by atoms with Gasteiger partial charge in [-0.2, -0.15) is 5.10 Å². The minimum atomic E-state index is 0.764. The summed E-state index contributed by atoms with van der Waals surface area (Å²) in [5.41, 5.74) is 5.51. The first-order valence-corrected chi connectivity index (χ1v) is 8.09. The predicted molar refractivity (Wildman–Crippen MR) is 96.7 cm³/mol. The van der Waals surface area contributed by atoms with E-state index >= 15 is 0 Å². The molecule has 0 aliphatic heterocycles. The van der Waals surface area contributed by atoms with Crippen molar-refractivity contribution < 1.29 is 0 Å². The molecule has 3 aromatic rings. The van der Waals surface area contributed by atoms with Gasteiger partial charge in [-0.15, -0.1) is 0 Å². The number of hydrogen-bond donors (Lipinski definition) is 0. The summed E-state index contributed by atoms with van der Waals surface area (Å²) in [5.74, 6) is 1.73. The summed E-state index contributed by atoms with van der Waals surface area (Å²) in [4.78, 5) is 11.0. The fourth-order valence-electron chi connectivity index (χ4n) is 2.94. The van der Waals surface area contributed by atoms with Crippen molar-refractivity contribution in [1.29, 1.82) is 0 Å². The van der Waals surface area contributed by atoms with E-state index in [0.717, 1.165) is 41.0 Å². The van der Waals surface area contributed by atoms with Crippen LogP contribution in [0.3, 0.4) is 0 Å². The molecular formula is C19H23N5. The Hall–Kier alpha value is -2.69. The van der Waals surface area contributed by atoms with Crippen LogP contribution >= 0.6 is 0 Å². The van der Waals surface area contributed by atoms with E-state index in [4.69, 9.17) is 5.10 Å². The molecule has 3 rings (SSSR count). The van der Waals surface area contributed by atoms with Gasteiger partial charge in [0.15, 0.2) is 0 Å². The van der Waals surface area contributed by atoms with Crippen LogP contribution in [0.5, 0.6) is 0 Å². The maximum absolute atomic E-state index is 4.72. The lowest BCUT2D eigenvalue weighted by Crippen LogP contribution is -2.19. The molecule has 0 fully saturated rings. The molecule has 0 atom stereocenters. The SMILES string of the molecule is Cc1cc(N(C)Cc2c(C)nn(-c3ccccc3)c2C)nc(C)n1. The van der Waals surface area contributed by atoms with E-state index < -0.39 is 0 Å². The molecule has 5 heteroatoms. The number of anilines is 1. The molecule has 0 saturated carbocycles. The van der Waals surface area contributed by atoms with Gasteiger partial charge in [0.25, 0.3) is 0 Å². The highest BCUT2D eigenvalue weighted by molar-refractivity contribution is 5.43. The number of hydrogen-bond acceptors (Lipinski definition) is 4. The van der Waals surface area contributed by atoms with Crippen molar-refractivity contribution in [3.05, 3.63) is 64.9 Å². The quantitative estimate of drug-likeness (QED) is 0.737. The van der Waals surface area contributed by atoms with Crippen molar-refractivity contribution in [2.75, 3.05) is 11.9 Å². The molecule has 2 aromatic heterocycles. The molecule has 0 N–H and O–H groups in total. The van der Waals surface area contributed by atoms with Crippen molar-refractivity contribution in [3.8, 4) is 5.69 Å². The topological polar surface area (TPSA) is 46.8 Å². The molecule has 124 valence electrons. The zero-order chi connectivity index (χ0) is 17.3. The van der Waals surface area contributed by atoms with Crippen LogP contribution in [0.1, 0.15) is 28.5 Å². The zero-order valence-corrected chi connectivity index (χ0v) is 14.9. The summed E-state index contributed by atoms with van der Waals surface area (Å²) >= 11 is 0. The van der Waals surface area contributed by atoms with Gasteiger partial charge in [-0.05, 0) is 39.8 Å². The Labute approximate surface area is 143 Å². The molecule has 1 aromatic carbocycles. The fraction of sp³-hybridized carbons (Fsp3) is 0.316. The van der Waals surface area contributed by atoms with E-state index in [-0.39, 0.29) is 0 Å². The summed E-state index contributed by atoms with van der Waals surface area (Å²) in [6.07, 6.45) is 0. The van der Waals surface area contributed by atoms with Gasteiger partial charge in [0, 0.05) is 36.6 Å². The zero-order valence-electron chi connectivity index (χ0n) is 14.9. The maximum atomic E-state index is 4.72. The highest BCUT2D eigenvalue weighted by Gasteiger charge is 2.15. The number of para-hydroxylation sites is 1. The highest BCUT2D eigenvalue weighted by Crippen LogP contribution is 2.21. The van der Waals surface area contributed by atoms with Crippen LogP contribution in [0.2, 0.25) is 0 Å². The summed E-state index contributed by atoms with van der Waals surface area (Å²) in [6.45, 7) is 8.86. The van der Waals surface area contributed by atoms with Crippen molar-refractivity contribution in [1.82, 2.24) is 19.7 Å². The second kappa shape index (κ2) is 6.43. The summed E-state index contributed by atoms with van der Waals surface area (Å²) in [6, 6.07) is 12.2. The van der Waals surface area contributed by atoms with Gasteiger partial charge in [-0.3, -0.25) is 0 Å². The Morgan fingerprint density at radius 3 is 2.38 bits per heavy atom. The second-order valence-electron chi connectivity index (χ2n) is 6.17. The van der Waals surface area contributed by atoms with Crippen LogP contribution < -0.4 is 4.90 Å². The molecule has 2 heterocycles. The third-order valence-electron chi connectivity index (χ3n) is 4.18. The van der Waals surface area contributed by atoms with Crippen molar-refractivity contribution in [3.63, 3.8) is 0 Å². The summed E-state index contributed by atoms with van der Waals surface area (Å²) in [5, 5.41) is 4.72. The van der Waals surface area contributed by atoms with E-state index in [1.807, 2.05) is 42.8 Å². The standard InChI is InChI=1S/C19H23N5/c1-13-11-19(21-16(4)20-13)23(5)12-18-14(2)22-24(15(18)3)17-9-7-6-8-10-17/h6-11H,12H2,1-5H3. The lowest BCUT2D eigenvalue weighted by Gasteiger charge is -2.19. The number of benzene rings is 1. The Balaban J connectivity index is 1.92. The predicted octanol–water partition coefficient (Wildman–Crippen LogP) is 3.53. The van der Waals surface area contributed by atoms with Gasteiger partial charge >= 0.3 is 0 Å². The van der Waals surface area contributed by atoms with Crippen LogP contribution in [0, 0.1) is 27.7 Å². The largest absolute Gasteiger partial charge is 0.355 e. The third-order valence-corrected chi connectivity index (χ3v) is 4.18. The number of aryl methyl sites for hydroxylation is 3. The number of aromatic nitrogens is 4. The van der Waals surface area contributed by atoms with Crippen molar-refractivity contribution >= 4 is 5.82 Å². The van der Waals surface area contributed by atoms with Gasteiger partial charge in [0.05, 0.1) is 11.4 Å². The van der Waals surface area contributed by atoms with Crippen LogP contribution in [0.4, 0.5) is 5.82 Å². The van der Waals surface area contributed by atoms with Crippen LogP contribution in [-0.4, -0.2) is 26.8 Å². The Morgan fingerprint density at radius 1 is 1.00 bits per heavy atom. The normalized spacial score (nSPS) is 10.9. The van der Waals surface area contributed by atoms with Gasteiger partial charge in [0.1, 0.15) is 11.6 Å². The highest BCUT2D eigenvalue weighted by atomic mass is 15.3. The van der Waals surface area contributed by atoms with Gasteiger partial charge in [0.2, 0.25) is 0 Å². The molecule has 0 radical (unpaired) electrons. The van der Waals surface area contributed by atoms with E-state index in [1.165, 1.54) is 5.56 Å². The Bertz CT molecular complexity index is 831. The maximum Gasteiger partial charge on any atom is 0.132 e. The van der Waals surface area contributed by atoms with Crippen LogP contribution in [0.15, 0.2) is 36.4 Å². The van der Waals surface area contributed by atoms with Gasteiger partial charge in [-0.1, -0.05) is 18.2 Å². The molecule has 0 aliphatic rings. The molecule has 0 amide bonds. The third kappa shape index (κ3) is 3.15. The van der Waals surface area contributed by atoms with Crippen LogP contribution in [-0.2, 0) is 6.54 Å².